The molecule has 4 aromatic rings. The zero-order chi connectivity index (χ0) is 25.9. The van der Waals surface area contributed by atoms with Crippen LogP contribution in [0.4, 0.5) is 10.2 Å². The Balaban J connectivity index is 1.34. The summed E-state index contributed by atoms with van der Waals surface area (Å²) in [6.07, 6.45) is 6.34. The van der Waals surface area contributed by atoms with Crippen molar-refractivity contribution in [2.75, 3.05) is 32.1 Å². The lowest BCUT2D eigenvalue weighted by Gasteiger charge is -2.42. The third-order valence-corrected chi connectivity index (χ3v) is 8.07. The third-order valence-electron chi connectivity index (χ3n) is 8.07. The number of aromatic nitrogens is 4. The van der Waals surface area contributed by atoms with Gasteiger partial charge in [-0.3, -0.25) is 9.78 Å². The fourth-order valence-corrected chi connectivity index (χ4v) is 6.02. The highest BCUT2D eigenvalue weighted by Crippen LogP contribution is 2.50. The maximum absolute atomic E-state index is 15.1. The summed E-state index contributed by atoms with van der Waals surface area (Å²) in [6.45, 7) is 3.49. The summed E-state index contributed by atoms with van der Waals surface area (Å²) in [4.78, 5) is 25.8. The predicted molar refractivity (Wildman–Crippen MR) is 140 cm³/mol. The molecule has 8 nitrogen and oxygen atoms in total. The summed E-state index contributed by atoms with van der Waals surface area (Å²) in [5.41, 5.74) is 11.8. The molecule has 1 fully saturated rings. The molecule has 190 valence electrons. The van der Waals surface area contributed by atoms with E-state index in [1.807, 2.05) is 25.3 Å². The van der Waals surface area contributed by atoms with Crippen LogP contribution in [0, 0.1) is 18.2 Å². The van der Waals surface area contributed by atoms with Gasteiger partial charge in [0, 0.05) is 56.2 Å². The van der Waals surface area contributed by atoms with Crippen molar-refractivity contribution < 1.29 is 9.18 Å². The van der Waals surface area contributed by atoms with Crippen LogP contribution in [-0.2, 0) is 6.42 Å². The predicted octanol–water partition coefficient (Wildman–Crippen LogP) is 3.78. The Bertz CT molecular complexity index is 1520. The Hall–Kier alpha value is -3.85. The van der Waals surface area contributed by atoms with Crippen LogP contribution in [0.25, 0.3) is 16.8 Å². The van der Waals surface area contributed by atoms with Gasteiger partial charge in [0.05, 0.1) is 17.6 Å². The molecule has 2 N–H and O–H groups in total. The average Bonchev–Trinajstić information content (AvgIpc) is 3.48. The first-order chi connectivity index (χ1) is 17.8. The molecule has 1 amide bonds. The number of halogens is 1. The summed E-state index contributed by atoms with van der Waals surface area (Å²) in [5.74, 6) is 0.217. The molecular formula is C28H30FN7O. The number of carbonyl (C=O) groups excluding carboxylic acids is 1. The summed E-state index contributed by atoms with van der Waals surface area (Å²) in [7, 11) is 3.35. The Kier molecular flexibility index (Phi) is 5.49. The van der Waals surface area contributed by atoms with Gasteiger partial charge in [0.1, 0.15) is 11.3 Å². The molecular weight excluding hydrogens is 469 g/mol. The molecule has 0 saturated carbocycles. The van der Waals surface area contributed by atoms with E-state index in [9.17, 15) is 4.79 Å². The molecule has 1 spiro atoms. The number of fused-ring (bicyclic) bond motifs is 2. The standard InChI is InChI=1S/C28H30FN7O/c1-17-24(20-15-18(6-7-21(20)29)27(37)34(2)3)36-23(8-12-32-36)26(33-17)35-13-9-28(10-14-35)16-22-19(25(28)30)5-4-11-31-22/h4-8,11-12,15,25H,9-10,13-14,16,30H2,1-3H3/t25-/m1/s1. The van der Waals surface area contributed by atoms with Crippen molar-refractivity contribution in [3.8, 4) is 11.3 Å². The van der Waals surface area contributed by atoms with Crippen molar-refractivity contribution in [3.63, 3.8) is 0 Å². The van der Waals surface area contributed by atoms with Crippen molar-refractivity contribution in [1.29, 1.82) is 0 Å². The molecule has 4 heterocycles. The van der Waals surface area contributed by atoms with Gasteiger partial charge < -0.3 is 15.5 Å². The average molecular weight is 500 g/mol. The zero-order valence-corrected chi connectivity index (χ0v) is 21.3. The van der Waals surface area contributed by atoms with Crippen molar-refractivity contribution in [3.05, 3.63) is 77.1 Å². The van der Waals surface area contributed by atoms with E-state index in [1.165, 1.54) is 22.6 Å². The summed E-state index contributed by atoms with van der Waals surface area (Å²) in [5, 5.41) is 4.53. The zero-order valence-electron chi connectivity index (χ0n) is 21.3. The fourth-order valence-electron chi connectivity index (χ4n) is 6.02. The maximum Gasteiger partial charge on any atom is 0.253 e. The van der Waals surface area contributed by atoms with Gasteiger partial charge >= 0.3 is 0 Å². The van der Waals surface area contributed by atoms with E-state index in [0.717, 1.165) is 49.4 Å². The Morgan fingerprint density at radius 3 is 2.68 bits per heavy atom. The summed E-state index contributed by atoms with van der Waals surface area (Å²) < 4.78 is 16.8. The highest BCUT2D eigenvalue weighted by molar-refractivity contribution is 5.95. The van der Waals surface area contributed by atoms with E-state index < -0.39 is 5.82 Å². The lowest BCUT2D eigenvalue weighted by atomic mass is 9.73. The van der Waals surface area contributed by atoms with E-state index in [2.05, 4.69) is 21.0 Å². The molecule has 0 unspecified atom stereocenters. The normalized spacial score (nSPS) is 18.4. The second-order valence-electron chi connectivity index (χ2n) is 10.4. The van der Waals surface area contributed by atoms with Crippen LogP contribution >= 0.6 is 0 Å². The number of nitrogens with two attached hydrogens (primary N) is 1. The first kappa shape index (κ1) is 23.5. The van der Waals surface area contributed by atoms with Crippen molar-refractivity contribution in [2.24, 2.45) is 11.1 Å². The minimum absolute atomic E-state index is 0.00876. The molecule has 1 aliphatic heterocycles. The number of carbonyl (C=O) groups is 1. The Morgan fingerprint density at radius 1 is 1.16 bits per heavy atom. The van der Waals surface area contributed by atoms with Gasteiger partial charge in [-0.1, -0.05) is 6.07 Å². The topological polar surface area (TPSA) is 92.6 Å². The monoisotopic (exact) mass is 499 g/mol. The molecule has 2 aliphatic rings. The van der Waals surface area contributed by atoms with E-state index in [4.69, 9.17) is 10.7 Å². The number of nitrogens with zero attached hydrogens (tertiary/aromatic N) is 6. The van der Waals surface area contributed by atoms with Gasteiger partial charge in [-0.2, -0.15) is 5.10 Å². The van der Waals surface area contributed by atoms with Crippen LogP contribution in [0.3, 0.4) is 0 Å². The number of hydrogen-bond acceptors (Lipinski definition) is 6. The van der Waals surface area contributed by atoms with Crippen LogP contribution in [0.1, 0.15) is 46.2 Å². The largest absolute Gasteiger partial charge is 0.355 e. The SMILES string of the molecule is Cc1nc(N2CCC3(CC2)Cc2ncccc2[C@H]3N)c2ccnn2c1-c1cc(C(=O)N(C)C)ccc1F. The van der Waals surface area contributed by atoms with Gasteiger partial charge in [-0.15, -0.1) is 0 Å². The van der Waals surface area contributed by atoms with Crippen LogP contribution in [0.2, 0.25) is 0 Å². The lowest BCUT2D eigenvalue weighted by molar-refractivity contribution is 0.0827. The van der Waals surface area contributed by atoms with E-state index >= 15 is 4.39 Å². The molecule has 1 atom stereocenters. The Labute approximate surface area is 214 Å². The minimum atomic E-state index is -0.423. The fraction of sp³-hybridized carbons (Fsp3) is 0.357. The molecule has 1 saturated heterocycles. The van der Waals surface area contributed by atoms with Gasteiger partial charge in [-0.25, -0.2) is 13.9 Å². The number of benzene rings is 1. The second-order valence-corrected chi connectivity index (χ2v) is 10.4. The molecule has 0 bridgehead atoms. The molecule has 37 heavy (non-hydrogen) atoms. The number of hydrogen-bond donors (Lipinski definition) is 1. The molecule has 1 aromatic carbocycles. The van der Waals surface area contributed by atoms with Gasteiger partial charge in [0.25, 0.3) is 5.91 Å². The smallest absolute Gasteiger partial charge is 0.253 e. The lowest BCUT2D eigenvalue weighted by Crippen LogP contribution is -2.44. The summed E-state index contributed by atoms with van der Waals surface area (Å²) >= 11 is 0. The highest BCUT2D eigenvalue weighted by atomic mass is 19.1. The Morgan fingerprint density at radius 2 is 1.95 bits per heavy atom. The number of pyridine rings is 1. The minimum Gasteiger partial charge on any atom is -0.355 e. The third kappa shape index (κ3) is 3.68. The quantitative estimate of drug-likeness (QED) is 0.461. The van der Waals surface area contributed by atoms with E-state index in [-0.39, 0.29) is 17.4 Å². The maximum atomic E-state index is 15.1. The van der Waals surface area contributed by atoms with Crippen LogP contribution in [-0.4, -0.2) is 57.6 Å². The summed E-state index contributed by atoms with van der Waals surface area (Å²) in [6, 6.07) is 10.4. The van der Waals surface area contributed by atoms with Gasteiger partial charge in [-0.05, 0) is 67.5 Å². The van der Waals surface area contributed by atoms with Crippen LogP contribution in [0.5, 0.6) is 0 Å². The number of aryl methyl sites for hydroxylation is 1. The number of rotatable bonds is 3. The van der Waals surface area contributed by atoms with Crippen molar-refractivity contribution in [2.45, 2.75) is 32.2 Å². The number of piperidine rings is 1. The van der Waals surface area contributed by atoms with Gasteiger partial charge in [0.15, 0.2) is 5.82 Å². The first-order valence-electron chi connectivity index (χ1n) is 12.6. The van der Waals surface area contributed by atoms with Crippen molar-refractivity contribution in [1.82, 2.24) is 24.5 Å². The number of anilines is 1. The van der Waals surface area contributed by atoms with Crippen molar-refractivity contribution >= 4 is 17.2 Å². The molecule has 1 aliphatic carbocycles. The molecule has 3 aromatic heterocycles. The molecule has 6 rings (SSSR count). The highest BCUT2D eigenvalue weighted by Gasteiger charge is 2.46. The molecule has 0 radical (unpaired) electrons. The van der Waals surface area contributed by atoms with Gasteiger partial charge in [0.2, 0.25) is 0 Å². The number of amides is 1. The van der Waals surface area contributed by atoms with Crippen LogP contribution < -0.4 is 10.6 Å². The van der Waals surface area contributed by atoms with E-state index in [0.29, 0.717) is 22.5 Å². The van der Waals surface area contributed by atoms with E-state index in [1.54, 1.807) is 30.9 Å². The molecule has 9 heteroatoms. The first-order valence-corrected chi connectivity index (χ1v) is 12.6. The van der Waals surface area contributed by atoms with Crippen LogP contribution in [0.15, 0.2) is 48.8 Å². The second kappa shape index (κ2) is 8.62.